The summed E-state index contributed by atoms with van der Waals surface area (Å²) in [6, 6.07) is 6.01. The van der Waals surface area contributed by atoms with Crippen molar-refractivity contribution in [2.24, 2.45) is 4.99 Å². The van der Waals surface area contributed by atoms with E-state index in [1.54, 1.807) is 13.8 Å². The highest BCUT2D eigenvalue weighted by Gasteiger charge is 2.28. The molecular formula is C18H21NO2. The molecule has 1 unspecified atom stereocenters. The van der Waals surface area contributed by atoms with Gasteiger partial charge in [0.05, 0.1) is 5.60 Å². The Morgan fingerprint density at radius 1 is 1.43 bits per heavy atom. The number of hydrogen-bond acceptors (Lipinski definition) is 3. The average Bonchev–Trinajstić information content (AvgIpc) is 2.84. The largest absolute Gasteiger partial charge is 0.490 e. The van der Waals surface area contributed by atoms with Crippen molar-refractivity contribution in [1.82, 2.24) is 0 Å². The van der Waals surface area contributed by atoms with E-state index in [1.165, 1.54) is 11.1 Å². The van der Waals surface area contributed by atoms with Crippen LogP contribution in [0.25, 0.3) is 5.57 Å². The van der Waals surface area contributed by atoms with Gasteiger partial charge in [-0.3, -0.25) is 4.99 Å². The molecular weight excluding hydrogens is 262 g/mol. The molecule has 3 heteroatoms. The van der Waals surface area contributed by atoms with Crippen molar-refractivity contribution in [3.8, 4) is 5.75 Å². The monoisotopic (exact) mass is 283 g/mol. The van der Waals surface area contributed by atoms with E-state index in [4.69, 9.17) is 4.74 Å². The highest BCUT2D eigenvalue weighted by molar-refractivity contribution is 5.92. The molecule has 0 saturated heterocycles. The Bertz CT molecular complexity index is 648. The number of nitrogens with zero attached hydrogens (tertiary/aromatic N) is 1. The predicted octanol–water partition coefficient (Wildman–Crippen LogP) is 3.48. The first-order valence-corrected chi connectivity index (χ1v) is 7.44. The number of hydrogen-bond donors (Lipinski definition) is 1. The smallest absolute Gasteiger partial charge is 0.127 e. The van der Waals surface area contributed by atoms with E-state index < -0.39 is 5.60 Å². The van der Waals surface area contributed by atoms with Crippen molar-refractivity contribution in [3.63, 3.8) is 0 Å². The lowest BCUT2D eigenvalue weighted by Crippen LogP contribution is -2.15. The lowest BCUT2D eigenvalue weighted by molar-refractivity contribution is 0.0785. The fraction of sp³-hybridized carbons (Fsp3) is 0.389. The van der Waals surface area contributed by atoms with E-state index in [0.717, 1.165) is 23.3 Å². The molecule has 1 N–H and O–H groups in total. The summed E-state index contributed by atoms with van der Waals surface area (Å²) in [6.45, 7) is 6.30. The Morgan fingerprint density at radius 2 is 2.24 bits per heavy atom. The molecule has 0 aromatic heterocycles. The maximum atomic E-state index is 10.3. The van der Waals surface area contributed by atoms with Crippen LogP contribution >= 0.6 is 0 Å². The van der Waals surface area contributed by atoms with Gasteiger partial charge in [0.15, 0.2) is 0 Å². The van der Waals surface area contributed by atoms with Crippen molar-refractivity contribution in [2.75, 3.05) is 6.61 Å². The lowest BCUT2D eigenvalue weighted by Gasteiger charge is -2.20. The van der Waals surface area contributed by atoms with Crippen LogP contribution in [0.5, 0.6) is 5.75 Å². The van der Waals surface area contributed by atoms with E-state index >= 15 is 0 Å². The van der Waals surface area contributed by atoms with Crippen molar-refractivity contribution < 1.29 is 9.84 Å². The summed E-state index contributed by atoms with van der Waals surface area (Å²) in [6.07, 6.45) is 7.10. The van der Waals surface area contributed by atoms with E-state index in [2.05, 4.69) is 24.1 Å². The number of fused-ring (bicyclic) bond motifs is 2. The topological polar surface area (TPSA) is 41.8 Å². The van der Waals surface area contributed by atoms with Crippen LogP contribution in [0, 0.1) is 0 Å². The standard InChI is InChI=1S/C18H21NO2/c1-4-5-13-14-8-9-19-16(14)11-21-17-7-6-12(10-15(13)17)18(2,3)20/h5-10,16,20H,4,11H2,1-3H3/b13-5+. The Hall–Kier alpha value is -1.87. The Balaban J connectivity index is 2.16. The summed E-state index contributed by atoms with van der Waals surface area (Å²) in [5.74, 6) is 0.869. The molecule has 21 heavy (non-hydrogen) atoms. The minimum Gasteiger partial charge on any atom is -0.490 e. The maximum absolute atomic E-state index is 10.3. The number of ether oxygens (including phenoxy) is 1. The predicted molar refractivity (Wildman–Crippen MR) is 85.8 cm³/mol. The number of benzene rings is 1. The summed E-state index contributed by atoms with van der Waals surface area (Å²) >= 11 is 0. The zero-order chi connectivity index (χ0) is 15.0. The molecule has 1 atom stereocenters. The van der Waals surface area contributed by atoms with Gasteiger partial charge in [-0.25, -0.2) is 0 Å². The second-order valence-corrected chi connectivity index (χ2v) is 6.04. The van der Waals surface area contributed by atoms with E-state index in [1.807, 2.05) is 24.4 Å². The number of aliphatic imine (C=N–C) groups is 1. The van der Waals surface area contributed by atoms with E-state index in [0.29, 0.717) is 6.61 Å². The molecule has 0 aliphatic carbocycles. The van der Waals surface area contributed by atoms with Crippen molar-refractivity contribution in [1.29, 1.82) is 0 Å². The van der Waals surface area contributed by atoms with Gasteiger partial charge in [-0.1, -0.05) is 19.1 Å². The summed E-state index contributed by atoms with van der Waals surface area (Å²) in [7, 11) is 0. The first kappa shape index (κ1) is 14.1. The van der Waals surface area contributed by atoms with Gasteiger partial charge in [0, 0.05) is 11.8 Å². The zero-order valence-corrected chi connectivity index (χ0v) is 12.8. The minimum atomic E-state index is -0.862. The fourth-order valence-corrected chi connectivity index (χ4v) is 2.82. The van der Waals surface area contributed by atoms with Crippen molar-refractivity contribution >= 4 is 11.8 Å². The van der Waals surface area contributed by atoms with Gasteiger partial charge in [0.25, 0.3) is 0 Å². The summed E-state index contributed by atoms with van der Waals surface area (Å²) in [4.78, 5) is 4.47. The molecule has 0 spiro atoms. The van der Waals surface area contributed by atoms with Crippen LogP contribution in [0.1, 0.15) is 38.3 Å². The van der Waals surface area contributed by atoms with Crippen LogP contribution in [0.3, 0.4) is 0 Å². The minimum absolute atomic E-state index is 0.0841. The van der Waals surface area contributed by atoms with Crippen LogP contribution in [0.4, 0.5) is 0 Å². The molecule has 0 radical (unpaired) electrons. The second kappa shape index (κ2) is 5.15. The summed E-state index contributed by atoms with van der Waals surface area (Å²) in [5.41, 5.74) is 3.47. The average molecular weight is 283 g/mol. The van der Waals surface area contributed by atoms with Gasteiger partial charge in [-0.15, -0.1) is 0 Å². The molecule has 0 saturated carbocycles. The molecule has 2 heterocycles. The Labute approximate surface area is 125 Å². The zero-order valence-electron chi connectivity index (χ0n) is 12.8. The fourth-order valence-electron chi connectivity index (χ4n) is 2.82. The summed E-state index contributed by atoms with van der Waals surface area (Å²) in [5, 5.41) is 10.3. The first-order valence-electron chi connectivity index (χ1n) is 7.44. The molecule has 110 valence electrons. The quantitative estimate of drug-likeness (QED) is 0.903. The molecule has 2 aliphatic heterocycles. The first-order chi connectivity index (χ1) is 10.0. The molecule has 2 aliphatic rings. The van der Waals surface area contributed by atoms with Gasteiger partial charge in [0.1, 0.15) is 18.4 Å². The number of aliphatic hydroxyl groups is 1. The van der Waals surface area contributed by atoms with Crippen LogP contribution in [-0.2, 0) is 5.60 Å². The van der Waals surface area contributed by atoms with Gasteiger partial charge in [0.2, 0.25) is 0 Å². The molecule has 0 amide bonds. The second-order valence-electron chi connectivity index (χ2n) is 6.04. The Morgan fingerprint density at radius 3 is 2.95 bits per heavy atom. The van der Waals surface area contributed by atoms with Crippen LogP contribution in [0.15, 0.2) is 40.9 Å². The van der Waals surface area contributed by atoms with Crippen LogP contribution < -0.4 is 4.74 Å². The Kier molecular flexibility index (Phi) is 3.46. The highest BCUT2D eigenvalue weighted by atomic mass is 16.5. The third-order valence-electron chi connectivity index (χ3n) is 3.97. The maximum Gasteiger partial charge on any atom is 0.127 e. The summed E-state index contributed by atoms with van der Waals surface area (Å²) < 4.78 is 5.93. The molecule has 0 fully saturated rings. The van der Waals surface area contributed by atoms with Crippen LogP contribution in [-0.4, -0.2) is 24.0 Å². The molecule has 3 nitrogen and oxygen atoms in total. The molecule has 1 aromatic carbocycles. The third kappa shape index (κ3) is 2.54. The molecule has 1 aromatic rings. The molecule has 3 rings (SSSR count). The van der Waals surface area contributed by atoms with E-state index in [-0.39, 0.29) is 6.04 Å². The normalized spacial score (nSPS) is 22.4. The van der Waals surface area contributed by atoms with Gasteiger partial charge in [-0.2, -0.15) is 0 Å². The van der Waals surface area contributed by atoms with Crippen molar-refractivity contribution in [2.45, 2.75) is 38.8 Å². The third-order valence-corrected chi connectivity index (χ3v) is 3.97. The highest BCUT2D eigenvalue weighted by Crippen LogP contribution is 2.40. The SMILES string of the molecule is CC/C=C1\C2=CC=NC2COc2ccc(C(C)(C)O)cc21. The number of allylic oxidation sites excluding steroid dienone is 2. The van der Waals surface area contributed by atoms with Gasteiger partial charge in [-0.05, 0) is 55.2 Å². The lowest BCUT2D eigenvalue weighted by atomic mass is 9.89. The number of rotatable bonds is 2. The van der Waals surface area contributed by atoms with Crippen molar-refractivity contribution in [3.05, 3.63) is 47.1 Å². The van der Waals surface area contributed by atoms with Crippen LogP contribution in [0.2, 0.25) is 0 Å². The van der Waals surface area contributed by atoms with Gasteiger partial charge < -0.3 is 9.84 Å². The van der Waals surface area contributed by atoms with Gasteiger partial charge >= 0.3 is 0 Å². The van der Waals surface area contributed by atoms with E-state index in [9.17, 15) is 5.11 Å². The molecule has 0 bridgehead atoms.